The Balaban J connectivity index is 1.67. The Bertz CT molecular complexity index is 1690. The number of amides is 1. The molecule has 10 nitrogen and oxygen atoms in total. The van der Waals surface area contributed by atoms with Gasteiger partial charge in [-0.15, -0.1) is 15.7 Å². The lowest BCUT2D eigenvalue weighted by Gasteiger charge is -2.19. The number of carbonyl (C=O) groups is 1. The van der Waals surface area contributed by atoms with Crippen LogP contribution in [0.4, 0.5) is 5.00 Å². The highest BCUT2D eigenvalue weighted by atomic mass is 32.2. The molecule has 0 saturated heterocycles. The zero-order chi connectivity index (χ0) is 25.4. The van der Waals surface area contributed by atoms with Crippen LogP contribution in [0.5, 0.6) is 5.75 Å². The van der Waals surface area contributed by atoms with Crippen LogP contribution < -0.4 is 16.2 Å². The highest BCUT2D eigenvalue weighted by molar-refractivity contribution is 7.90. The highest BCUT2D eigenvalue weighted by Gasteiger charge is 2.35. The van der Waals surface area contributed by atoms with Crippen molar-refractivity contribution in [1.29, 1.82) is 0 Å². The van der Waals surface area contributed by atoms with Crippen molar-refractivity contribution in [1.82, 2.24) is 9.88 Å². The molecule has 0 aliphatic carbocycles. The Labute approximate surface area is 209 Å². The van der Waals surface area contributed by atoms with Crippen LogP contribution >= 0.6 is 11.3 Å². The van der Waals surface area contributed by atoms with Gasteiger partial charge in [0.05, 0.1) is 24.2 Å². The maximum Gasteiger partial charge on any atom is 0.288 e. The molecule has 5 rings (SSSR count). The van der Waals surface area contributed by atoms with Gasteiger partial charge in [-0.3, -0.25) is 9.59 Å². The van der Waals surface area contributed by atoms with Crippen molar-refractivity contribution in [2.24, 2.45) is 4.40 Å². The largest absolute Gasteiger partial charge is 0.506 e. The normalized spacial score (nSPS) is 14.1. The van der Waals surface area contributed by atoms with Gasteiger partial charge in [0.25, 0.3) is 21.5 Å². The number of nitrogens with zero attached hydrogens (tertiary/aromatic N) is 2. The molecule has 0 spiro atoms. The number of aromatic nitrogens is 1. The Morgan fingerprint density at radius 1 is 1.11 bits per heavy atom. The van der Waals surface area contributed by atoms with Crippen LogP contribution in [0.15, 0.2) is 74.1 Å². The minimum absolute atomic E-state index is 0.0443. The first-order chi connectivity index (χ1) is 17.3. The van der Waals surface area contributed by atoms with E-state index in [1.54, 1.807) is 24.3 Å². The number of anilines is 1. The van der Waals surface area contributed by atoms with E-state index in [0.717, 1.165) is 16.9 Å². The minimum atomic E-state index is -4.40. The third-order valence-electron chi connectivity index (χ3n) is 5.65. The number of benzene rings is 2. The number of sulfonamides is 1. The van der Waals surface area contributed by atoms with E-state index in [-0.39, 0.29) is 46.6 Å². The summed E-state index contributed by atoms with van der Waals surface area (Å²) in [5.41, 5.74) is 0.275. The second-order valence-corrected chi connectivity index (χ2v) is 10.4. The number of nitrogens with one attached hydrogen (secondary N) is 2. The summed E-state index contributed by atoms with van der Waals surface area (Å²) in [7, 11) is -4.40. The molecule has 4 aromatic rings. The van der Waals surface area contributed by atoms with Crippen molar-refractivity contribution in [3.05, 3.63) is 87.0 Å². The first-order valence-corrected chi connectivity index (χ1v) is 13.1. The smallest absolute Gasteiger partial charge is 0.288 e. The maximum atomic E-state index is 13.7. The predicted molar refractivity (Wildman–Crippen MR) is 137 cm³/mol. The summed E-state index contributed by atoms with van der Waals surface area (Å²) in [6.45, 7) is -0.161. The molecule has 1 aliphatic rings. The molecule has 0 atom stereocenters. The summed E-state index contributed by atoms with van der Waals surface area (Å²) in [6.07, 6.45) is 0. The number of pyridine rings is 1. The van der Waals surface area contributed by atoms with Crippen LogP contribution in [0.1, 0.15) is 21.5 Å². The van der Waals surface area contributed by atoms with Gasteiger partial charge >= 0.3 is 0 Å². The number of rotatable bonds is 6. The van der Waals surface area contributed by atoms with Gasteiger partial charge in [0.1, 0.15) is 21.2 Å². The fraction of sp³-hybridized carbons (Fsp3) is 0.125. The van der Waals surface area contributed by atoms with Gasteiger partial charge in [0.2, 0.25) is 0 Å². The number of aliphatic hydroxyl groups excluding tert-OH is 1. The van der Waals surface area contributed by atoms with E-state index in [1.165, 1.54) is 9.95 Å². The Morgan fingerprint density at radius 3 is 2.58 bits per heavy atom. The molecular formula is C24H20N4O6S2. The molecule has 1 aliphatic heterocycles. The van der Waals surface area contributed by atoms with Crippen molar-refractivity contribution in [3.63, 3.8) is 0 Å². The predicted octanol–water partition coefficient (Wildman–Crippen LogP) is 2.10. The Kier molecular flexibility index (Phi) is 6.08. The van der Waals surface area contributed by atoms with Crippen molar-refractivity contribution < 1.29 is 23.4 Å². The van der Waals surface area contributed by atoms with Gasteiger partial charge < -0.3 is 25.4 Å². The van der Waals surface area contributed by atoms with Crippen molar-refractivity contribution >= 4 is 49.0 Å². The number of aliphatic hydroxyl groups is 1. The monoisotopic (exact) mass is 524 g/mol. The molecule has 0 bridgehead atoms. The van der Waals surface area contributed by atoms with Crippen LogP contribution in [-0.2, 0) is 16.6 Å². The molecule has 184 valence electrons. The molecule has 0 unspecified atom stereocenters. The van der Waals surface area contributed by atoms with E-state index in [0.29, 0.717) is 10.9 Å². The number of hydrogen-bond acceptors (Lipinski definition) is 8. The van der Waals surface area contributed by atoms with Crippen LogP contribution in [0.2, 0.25) is 0 Å². The lowest BCUT2D eigenvalue weighted by atomic mass is 10.1. The molecule has 0 radical (unpaired) electrons. The van der Waals surface area contributed by atoms with Gasteiger partial charge in [-0.25, -0.2) is 0 Å². The second-order valence-electron chi connectivity index (χ2n) is 7.94. The molecule has 12 heteroatoms. The lowest BCUT2D eigenvalue weighted by molar-refractivity contribution is 0.0942. The van der Waals surface area contributed by atoms with Crippen molar-refractivity contribution in [2.45, 2.75) is 11.4 Å². The minimum Gasteiger partial charge on any atom is -0.506 e. The van der Waals surface area contributed by atoms with E-state index in [2.05, 4.69) is 15.0 Å². The van der Waals surface area contributed by atoms with Crippen LogP contribution in [0.3, 0.4) is 0 Å². The van der Waals surface area contributed by atoms with Gasteiger partial charge in [0, 0.05) is 17.3 Å². The first-order valence-electron chi connectivity index (χ1n) is 10.8. The van der Waals surface area contributed by atoms with Gasteiger partial charge in [-0.05, 0) is 17.7 Å². The lowest BCUT2D eigenvalue weighted by Crippen LogP contribution is -2.33. The van der Waals surface area contributed by atoms with Gasteiger partial charge in [0.15, 0.2) is 5.84 Å². The van der Waals surface area contributed by atoms with E-state index < -0.39 is 27.2 Å². The molecule has 3 heterocycles. The maximum absolute atomic E-state index is 13.7. The number of fused-ring (bicyclic) bond motifs is 2. The Morgan fingerprint density at radius 2 is 1.83 bits per heavy atom. The summed E-state index contributed by atoms with van der Waals surface area (Å²) in [5.74, 6) is -1.41. The third-order valence-corrected chi connectivity index (χ3v) is 8.04. The molecule has 4 N–H and O–H groups in total. The van der Waals surface area contributed by atoms with Crippen LogP contribution in [0, 0.1) is 0 Å². The molecule has 0 fully saturated rings. The van der Waals surface area contributed by atoms with Gasteiger partial charge in [-0.2, -0.15) is 8.42 Å². The number of aromatic hydroxyl groups is 1. The summed E-state index contributed by atoms with van der Waals surface area (Å²) in [4.78, 5) is 25.7. The van der Waals surface area contributed by atoms with Crippen molar-refractivity contribution in [2.75, 3.05) is 18.5 Å². The van der Waals surface area contributed by atoms with E-state index >= 15 is 0 Å². The van der Waals surface area contributed by atoms with E-state index in [1.807, 2.05) is 30.3 Å². The summed E-state index contributed by atoms with van der Waals surface area (Å²) in [5, 5.41) is 27.0. The third kappa shape index (κ3) is 4.04. The number of carbonyl (C=O) groups excluding carboxylic acids is 1. The van der Waals surface area contributed by atoms with Crippen LogP contribution in [-0.4, -0.2) is 48.1 Å². The number of para-hydroxylation sites is 1. The Hall–Kier alpha value is -4.00. The van der Waals surface area contributed by atoms with E-state index in [9.17, 15) is 23.1 Å². The topological polar surface area (TPSA) is 150 Å². The fourth-order valence-corrected chi connectivity index (χ4v) is 6.59. The van der Waals surface area contributed by atoms with E-state index in [4.69, 9.17) is 5.11 Å². The van der Waals surface area contributed by atoms with Gasteiger partial charge in [-0.1, -0.05) is 42.5 Å². The molecule has 1 amide bonds. The summed E-state index contributed by atoms with van der Waals surface area (Å²) < 4.78 is 31.5. The number of thiophene rings is 1. The number of amidine groups is 1. The first kappa shape index (κ1) is 23.7. The molecule has 36 heavy (non-hydrogen) atoms. The standard InChI is InChI=1S/C24H20N4O6S2/c29-11-10-25-22(31)16-13-35-23-20(16)36(33,34)27-21(26-23)18-19(30)15-8-4-5-9-17(15)28(24(18)32)12-14-6-2-1-3-7-14/h1-9,13,29-30H,10-12H2,(H,25,31)(H,26,27). The zero-order valence-electron chi connectivity index (χ0n) is 18.6. The van der Waals surface area contributed by atoms with Crippen LogP contribution in [0.25, 0.3) is 10.9 Å². The van der Waals surface area contributed by atoms with Crippen molar-refractivity contribution in [3.8, 4) is 5.75 Å². The molecule has 0 saturated carbocycles. The summed E-state index contributed by atoms with van der Waals surface area (Å²) >= 11 is 0.952. The quantitative estimate of drug-likeness (QED) is 0.302. The molecule has 2 aromatic heterocycles. The average Bonchev–Trinajstić information content (AvgIpc) is 3.31. The number of hydrogen-bond donors (Lipinski definition) is 4. The molecule has 2 aromatic carbocycles. The molecular weight excluding hydrogens is 504 g/mol. The second kappa shape index (κ2) is 9.22. The fourth-order valence-electron chi connectivity index (χ4n) is 4.04. The SMILES string of the molecule is O=C(NCCO)c1csc2c1S(=O)(=O)N=C(c1c(O)c3ccccc3n(Cc3ccccc3)c1=O)N2. The summed E-state index contributed by atoms with van der Waals surface area (Å²) in [6, 6.07) is 16.0. The zero-order valence-corrected chi connectivity index (χ0v) is 20.3. The average molecular weight is 525 g/mol. The highest BCUT2D eigenvalue weighted by Crippen LogP contribution is 2.38.